The number of hydrogen-bond acceptors (Lipinski definition) is 7. The third-order valence-electron chi connectivity index (χ3n) is 2.90. The number of amides is 1. The Labute approximate surface area is 126 Å². The predicted octanol–water partition coefficient (Wildman–Crippen LogP) is 0.735. The van der Waals surface area contributed by atoms with Gasteiger partial charge in [-0.25, -0.2) is 4.68 Å². The van der Waals surface area contributed by atoms with E-state index >= 15 is 0 Å². The van der Waals surface area contributed by atoms with Crippen molar-refractivity contribution in [3.05, 3.63) is 16.4 Å². The second kappa shape index (κ2) is 6.72. The average Bonchev–Trinajstić information content (AvgIpc) is 3.01. The third kappa shape index (κ3) is 3.82. The summed E-state index contributed by atoms with van der Waals surface area (Å²) in [7, 11) is 0. The van der Waals surface area contributed by atoms with Crippen LogP contribution < -0.4 is 5.32 Å². The van der Waals surface area contributed by atoms with Crippen LogP contribution in [-0.4, -0.2) is 42.8 Å². The molecule has 21 heavy (non-hydrogen) atoms. The van der Waals surface area contributed by atoms with Crippen molar-refractivity contribution in [3.63, 3.8) is 0 Å². The summed E-state index contributed by atoms with van der Waals surface area (Å²) in [6.45, 7) is 5.93. The summed E-state index contributed by atoms with van der Waals surface area (Å²) >= 11 is 1.36. The highest BCUT2D eigenvalue weighted by Gasteiger charge is 2.14. The van der Waals surface area contributed by atoms with Gasteiger partial charge >= 0.3 is 0 Å². The first-order valence-electron chi connectivity index (χ1n) is 6.64. The van der Waals surface area contributed by atoms with Crippen molar-refractivity contribution in [1.82, 2.24) is 25.2 Å². The second-order valence-electron chi connectivity index (χ2n) is 4.90. The summed E-state index contributed by atoms with van der Waals surface area (Å²) in [6, 6.07) is 0. The Morgan fingerprint density at radius 3 is 2.76 bits per heavy atom. The first-order chi connectivity index (χ1) is 10.0. The molecule has 1 amide bonds. The molecule has 0 aromatic carbocycles. The lowest BCUT2D eigenvalue weighted by molar-refractivity contribution is -0.117. The van der Waals surface area contributed by atoms with Crippen LogP contribution in [0.15, 0.2) is 0 Å². The highest BCUT2D eigenvalue weighted by atomic mass is 32.1. The van der Waals surface area contributed by atoms with Gasteiger partial charge in [0.1, 0.15) is 11.6 Å². The molecular formula is C12H18N6O2S. The lowest BCUT2D eigenvalue weighted by Crippen LogP contribution is -2.20. The minimum Gasteiger partial charge on any atom is -0.396 e. The number of carbonyl (C=O) groups is 1. The molecule has 0 aliphatic carbocycles. The van der Waals surface area contributed by atoms with E-state index in [1.807, 2.05) is 20.8 Å². The van der Waals surface area contributed by atoms with Crippen molar-refractivity contribution in [2.75, 3.05) is 11.9 Å². The Balaban J connectivity index is 1.98. The molecule has 0 unspecified atom stereocenters. The van der Waals surface area contributed by atoms with Crippen LogP contribution in [0.4, 0.5) is 5.13 Å². The maximum absolute atomic E-state index is 12.0. The molecule has 0 fully saturated rings. The van der Waals surface area contributed by atoms with Crippen molar-refractivity contribution >= 4 is 22.4 Å². The molecule has 2 rings (SSSR count). The summed E-state index contributed by atoms with van der Waals surface area (Å²) in [4.78, 5) is 12.0. The van der Waals surface area contributed by atoms with Crippen LogP contribution in [0.2, 0.25) is 0 Å². The molecule has 8 nitrogen and oxygen atoms in total. The number of nitrogens with zero attached hydrogens (tertiary/aromatic N) is 5. The van der Waals surface area contributed by atoms with Crippen molar-refractivity contribution in [2.45, 2.75) is 39.7 Å². The molecule has 0 spiro atoms. The number of hydrogen-bond donors (Lipinski definition) is 2. The van der Waals surface area contributed by atoms with Gasteiger partial charge in [-0.15, -0.1) is 15.3 Å². The maximum atomic E-state index is 12.0. The highest BCUT2D eigenvalue weighted by Crippen LogP contribution is 2.22. The molecule has 2 aromatic heterocycles. The van der Waals surface area contributed by atoms with E-state index < -0.39 is 0 Å². The zero-order valence-electron chi connectivity index (χ0n) is 12.2. The largest absolute Gasteiger partial charge is 0.396 e. The van der Waals surface area contributed by atoms with Crippen LogP contribution in [-0.2, 0) is 17.8 Å². The quantitative estimate of drug-likeness (QED) is 0.815. The Hall–Kier alpha value is -1.87. The zero-order chi connectivity index (χ0) is 15.4. The Morgan fingerprint density at radius 1 is 1.38 bits per heavy atom. The number of anilines is 1. The zero-order valence-corrected chi connectivity index (χ0v) is 13.0. The van der Waals surface area contributed by atoms with Gasteiger partial charge in [-0.1, -0.05) is 30.4 Å². The second-order valence-corrected chi connectivity index (χ2v) is 5.91. The van der Waals surface area contributed by atoms with Gasteiger partial charge in [0.05, 0.1) is 11.4 Å². The number of aliphatic hydroxyl groups excluding tert-OH is 1. The normalized spacial score (nSPS) is 11.1. The Morgan fingerprint density at radius 2 is 2.14 bits per heavy atom. The summed E-state index contributed by atoms with van der Waals surface area (Å²) in [6.07, 6.45) is 0.432. The summed E-state index contributed by atoms with van der Waals surface area (Å²) in [5.41, 5.74) is 1.47. The average molecular weight is 310 g/mol. The molecule has 0 atom stereocenters. The van der Waals surface area contributed by atoms with Crippen molar-refractivity contribution in [2.24, 2.45) is 0 Å². The minimum atomic E-state index is -0.231. The van der Waals surface area contributed by atoms with E-state index in [9.17, 15) is 4.79 Å². The number of rotatable bonds is 6. The molecule has 9 heteroatoms. The number of aliphatic hydroxyl groups is 1. The standard InChI is InChI=1S/C12H18N6O2S/c1-7(2)11-15-16-12(21-11)13-10(20)6-18-8(3)9(4-5-19)14-17-18/h7,19H,4-6H2,1-3H3,(H,13,16,20). The maximum Gasteiger partial charge on any atom is 0.248 e. The SMILES string of the molecule is Cc1c(CCO)nnn1CC(=O)Nc1nnc(C(C)C)s1. The van der Waals surface area contributed by atoms with E-state index in [0.717, 1.165) is 10.7 Å². The van der Waals surface area contributed by atoms with Crippen molar-refractivity contribution in [1.29, 1.82) is 0 Å². The Bertz CT molecular complexity index is 621. The number of aromatic nitrogens is 5. The van der Waals surface area contributed by atoms with Crippen molar-refractivity contribution < 1.29 is 9.90 Å². The molecule has 0 saturated carbocycles. The van der Waals surface area contributed by atoms with Gasteiger partial charge in [-0.3, -0.25) is 10.1 Å². The van der Waals surface area contributed by atoms with Gasteiger partial charge in [-0.05, 0) is 6.92 Å². The van der Waals surface area contributed by atoms with Crippen LogP contribution >= 0.6 is 11.3 Å². The van der Waals surface area contributed by atoms with Gasteiger partial charge in [0, 0.05) is 18.9 Å². The van der Waals surface area contributed by atoms with Gasteiger partial charge in [-0.2, -0.15) is 0 Å². The molecule has 2 N–H and O–H groups in total. The summed E-state index contributed by atoms with van der Waals surface area (Å²) in [5, 5.41) is 28.8. The number of nitrogens with one attached hydrogen (secondary N) is 1. The smallest absolute Gasteiger partial charge is 0.248 e. The lowest BCUT2D eigenvalue weighted by Gasteiger charge is -2.03. The monoisotopic (exact) mass is 310 g/mol. The molecule has 0 saturated heterocycles. The highest BCUT2D eigenvalue weighted by molar-refractivity contribution is 7.15. The fourth-order valence-electron chi connectivity index (χ4n) is 1.70. The van der Waals surface area contributed by atoms with Gasteiger partial charge in [0.15, 0.2) is 0 Å². The fraction of sp³-hybridized carbons (Fsp3) is 0.583. The third-order valence-corrected chi connectivity index (χ3v) is 4.04. The molecular weight excluding hydrogens is 292 g/mol. The van der Waals surface area contributed by atoms with Crippen LogP contribution in [0.5, 0.6) is 0 Å². The van der Waals surface area contributed by atoms with Crippen LogP contribution in [0, 0.1) is 6.92 Å². The number of carbonyl (C=O) groups excluding carboxylic acids is 1. The molecule has 2 heterocycles. The molecule has 0 aliphatic heterocycles. The summed E-state index contributed by atoms with van der Waals surface area (Å²) in [5.74, 6) is 0.0526. The summed E-state index contributed by atoms with van der Waals surface area (Å²) < 4.78 is 1.50. The van der Waals surface area contributed by atoms with E-state index in [2.05, 4.69) is 25.8 Å². The van der Waals surface area contributed by atoms with Crippen LogP contribution in [0.25, 0.3) is 0 Å². The first kappa shape index (κ1) is 15.5. The van der Waals surface area contributed by atoms with E-state index in [0.29, 0.717) is 17.2 Å². The fourth-order valence-corrected chi connectivity index (χ4v) is 2.46. The van der Waals surface area contributed by atoms with Gasteiger partial charge in [0.2, 0.25) is 11.0 Å². The molecule has 0 aliphatic rings. The predicted molar refractivity (Wildman–Crippen MR) is 78.2 cm³/mol. The van der Waals surface area contributed by atoms with E-state index in [4.69, 9.17) is 5.11 Å². The molecule has 0 bridgehead atoms. The van der Waals surface area contributed by atoms with Gasteiger partial charge in [0.25, 0.3) is 0 Å². The molecule has 0 radical (unpaired) electrons. The van der Waals surface area contributed by atoms with Crippen LogP contribution in [0.1, 0.15) is 36.2 Å². The van der Waals surface area contributed by atoms with Gasteiger partial charge < -0.3 is 5.11 Å². The van der Waals surface area contributed by atoms with E-state index in [-0.39, 0.29) is 25.0 Å². The van der Waals surface area contributed by atoms with E-state index in [1.54, 1.807) is 0 Å². The van der Waals surface area contributed by atoms with Crippen molar-refractivity contribution in [3.8, 4) is 0 Å². The first-order valence-corrected chi connectivity index (χ1v) is 7.46. The minimum absolute atomic E-state index is 0.00843. The Kier molecular flexibility index (Phi) is 4.97. The lowest BCUT2D eigenvalue weighted by atomic mass is 10.2. The molecule has 2 aromatic rings. The topological polar surface area (TPSA) is 106 Å². The van der Waals surface area contributed by atoms with E-state index in [1.165, 1.54) is 16.0 Å². The molecule has 114 valence electrons. The van der Waals surface area contributed by atoms with Crippen LogP contribution in [0.3, 0.4) is 0 Å².